The number of ether oxygens (including phenoxy) is 1. The Kier molecular flexibility index (Phi) is 5.76. The lowest BCUT2D eigenvalue weighted by molar-refractivity contribution is -0.293. The Balaban J connectivity index is 3.19. The van der Waals surface area contributed by atoms with Crippen LogP contribution in [-0.4, -0.2) is 86.5 Å². The van der Waals surface area contributed by atoms with E-state index in [1.165, 1.54) is 0 Å². The highest BCUT2D eigenvalue weighted by Gasteiger charge is 2.62. The number of hydrogen-bond acceptors (Lipinski definition) is 7. The van der Waals surface area contributed by atoms with Crippen molar-refractivity contribution in [3.05, 3.63) is 0 Å². The van der Waals surface area contributed by atoms with E-state index in [0.29, 0.717) is 0 Å². The summed E-state index contributed by atoms with van der Waals surface area (Å²) < 4.78 is 32.3. The van der Waals surface area contributed by atoms with Gasteiger partial charge in [0.15, 0.2) is 6.17 Å². The van der Waals surface area contributed by atoms with E-state index in [1.54, 1.807) is 0 Å². The summed E-state index contributed by atoms with van der Waals surface area (Å²) in [5.41, 5.74) is 0. The molecule has 6 N–H and O–H groups in total. The number of carbonyl (C=O) groups excluding carboxylic acids is 1. The van der Waals surface area contributed by atoms with Crippen LogP contribution in [0.2, 0.25) is 0 Å². The standard InChI is InChI=1S/C11H17F2NO8/c1-3(16)14-5-7(19)9(12)11(13,10(20)21)22-8(5)6(18)4(17)2-15/h4-9,15,17-19H,2H2,1H3,(H,14,16)(H,20,21)/t4-,5-,6-,7-,8?,9-,11-/m1/s1. The van der Waals surface area contributed by atoms with Crippen molar-refractivity contribution in [2.24, 2.45) is 0 Å². The molecule has 9 nitrogen and oxygen atoms in total. The van der Waals surface area contributed by atoms with Crippen LogP contribution in [0.5, 0.6) is 0 Å². The first kappa shape index (κ1) is 18.6. The maximum atomic E-state index is 14.1. The van der Waals surface area contributed by atoms with E-state index in [0.717, 1.165) is 6.92 Å². The van der Waals surface area contributed by atoms with E-state index in [9.17, 15) is 33.7 Å². The Morgan fingerprint density at radius 3 is 2.36 bits per heavy atom. The molecule has 0 aromatic rings. The fourth-order valence-electron chi connectivity index (χ4n) is 2.11. The van der Waals surface area contributed by atoms with E-state index in [4.69, 9.17) is 10.2 Å². The number of carboxylic acid groups (broad SMARTS) is 1. The Morgan fingerprint density at radius 2 is 1.95 bits per heavy atom. The monoisotopic (exact) mass is 329 g/mol. The Labute approximate surface area is 123 Å². The molecule has 1 fully saturated rings. The van der Waals surface area contributed by atoms with Gasteiger partial charge < -0.3 is 35.6 Å². The summed E-state index contributed by atoms with van der Waals surface area (Å²) in [5, 5.41) is 48.3. The van der Waals surface area contributed by atoms with Gasteiger partial charge in [-0.25, -0.2) is 9.18 Å². The number of amides is 1. The predicted molar refractivity (Wildman–Crippen MR) is 64.0 cm³/mol. The third-order valence-electron chi connectivity index (χ3n) is 3.26. The molecule has 1 rings (SSSR count). The van der Waals surface area contributed by atoms with Crippen LogP contribution < -0.4 is 5.32 Å². The van der Waals surface area contributed by atoms with E-state index in [-0.39, 0.29) is 0 Å². The lowest BCUT2D eigenvalue weighted by Crippen LogP contribution is -2.71. The quantitative estimate of drug-likeness (QED) is 0.313. The van der Waals surface area contributed by atoms with Gasteiger partial charge in [-0.05, 0) is 0 Å². The average Bonchev–Trinajstić information content (AvgIpc) is 2.45. The molecule has 0 radical (unpaired) electrons. The van der Waals surface area contributed by atoms with E-state index in [2.05, 4.69) is 4.74 Å². The minimum Gasteiger partial charge on any atom is -0.477 e. The normalized spacial score (nSPS) is 38.1. The van der Waals surface area contributed by atoms with Gasteiger partial charge in [0.25, 0.3) is 0 Å². The molecular formula is C11H17F2NO8. The third-order valence-corrected chi connectivity index (χ3v) is 3.26. The van der Waals surface area contributed by atoms with Crippen LogP contribution in [0.25, 0.3) is 0 Å². The van der Waals surface area contributed by atoms with Crippen LogP contribution in [-0.2, 0) is 14.3 Å². The second kappa shape index (κ2) is 6.79. The SMILES string of the molecule is CC(=O)N[C@H]1C([C@H](O)[C@H](O)CO)O[C@@](F)(C(=O)O)[C@H](F)[C@@H]1O. The summed E-state index contributed by atoms with van der Waals surface area (Å²) >= 11 is 0. The zero-order valence-corrected chi connectivity index (χ0v) is 11.4. The first-order valence-electron chi connectivity index (χ1n) is 6.22. The van der Waals surface area contributed by atoms with Crippen LogP contribution in [0.1, 0.15) is 6.92 Å². The van der Waals surface area contributed by atoms with Crippen molar-refractivity contribution in [1.82, 2.24) is 5.32 Å². The Hall–Kier alpha value is -1.40. The number of alkyl halides is 2. The Bertz CT molecular complexity index is 438. The van der Waals surface area contributed by atoms with Gasteiger partial charge in [0.1, 0.15) is 24.4 Å². The number of carboxylic acids is 1. The largest absolute Gasteiger partial charge is 0.477 e. The van der Waals surface area contributed by atoms with Crippen molar-refractivity contribution in [3.63, 3.8) is 0 Å². The molecule has 1 saturated heterocycles. The minimum atomic E-state index is -3.99. The van der Waals surface area contributed by atoms with Crippen LogP contribution in [0, 0.1) is 0 Å². The van der Waals surface area contributed by atoms with Crippen LogP contribution in [0.15, 0.2) is 0 Å². The van der Waals surface area contributed by atoms with Crippen molar-refractivity contribution in [2.45, 2.75) is 49.4 Å². The van der Waals surface area contributed by atoms with Gasteiger partial charge in [0.2, 0.25) is 5.91 Å². The molecule has 1 aliphatic heterocycles. The van der Waals surface area contributed by atoms with E-state index in [1.807, 2.05) is 5.32 Å². The van der Waals surface area contributed by atoms with Crippen molar-refractivity contribution in [3.8, 4) is 0 Å². The zero-order valence-electron chi connectivity index (χ0n) is 11.4. The van der Waals surface area contributed by atoms with Gasteiger partial charge in [-0.15, -0.1) is 0 Å². The molecule has 0 aliphatic carbocycles. The zero-order chi connectivity index (χ0) is 17.2. The molecule has 1 amide bonds. The van der Waals surface area contributed by atoms with Gasteiger partial charge in [-0.1, -0.05) is 0 Å². The van der Waals surface area contributed by atoms with Crippen molar-refractivity contribution < 1.29 is 48.6 Å². The highest BCUT2D eigenvalue weighted by molar-refractivity contribution is 5.77. The van der Waals surface area contributed by atoms with Crippen molar-refractivity contribution in [2.75, 3.05) is 6.61 Å². The molecule has 1 unspecified atom stereocenters. The number of nitrogens with one attached hydrogen (secondary N) is 1. The van der Waals surface area contributed by atoms with Crippen molar-refractivity contribution in [1.29, 1.82) is 0 Å². The summed E-state index contributed by atoms with van der Waals surface area (Å²) in [7, 11) is 0. The third kappa shape index (κ3) is 3.33. The van der Waals surface area contributed by atoms with Gasteiger partial charge in [-0.2, -0.15) is 4.39 Å². The smallest absolute Gasteiger partial charge is 0.372 e. The number of halogens is 2. The summed E-state index contributed by atoms with van der Waals surface area (Å²) in [5.74, 6) is -7.19. The van der Waals surface area contributed by atoms with Crippen LogP contribution >= 0.6 is 0 Å². The molecule has 11 heteroatoms. The van der Waals surface area contributed by atoms with Crippen LogP contribution in [0.4, 0.5) is 8.78 Å². The molecule has 128 valence electrons. The Morgan fingerprint density at radius 1 is 1.41 bits per heavy atom. The molecule has 0 aromatic heterocycles. The van der Waals surface area contributed by atoms with Gasteiger partial charge in [0, 0.05) is 6.92 Å². The van der Waals surface area contributed by atoms with Crippen molar-refractivity contribution >= 4 is 11.9 Å². The number of aliphatic hydroxyl groups is 4. The molecule has 7 atom stereocenters. The molecule has 22 heavy (non-hydrogen) atoms. The first-order chi connectivity index (χ1) is 10.1. The predicted octanol–water partition coefficient (Wildman–Crippen LogP) is -2.95. The minimum absolute atomic E-state index is 0.808. The summed E-state index contributed by atoms with van der Waals surface area (Å²) in [6.45, 7) is -0.0321. The maximum absolute atomic E-state index is 14.1. The highest BCUT2D eigenvalue weighted by Crippen LogP contribution is 2.35. The van der Waals surface area contributed by atoms with Gasteiger partial charge in [-0.3, -0.25) is 4.79 Å². The molecule has 0 saturated carbocycles. The maximum Gasteiger partial charge on any atom is 0.372 e. The van der Waals surface area contributed by atoms with E-state index < -0.39 is 61.0 Å². The summed E-state index contributed by atoms with van der Waals surface area (Å²) in [6.07, 6.45) is -11.4. The molecule has 1 aliphatic rings. The second-order valence-corrected chi connectivity index (χ2v) is 4.89. The van der Waals surface area contributed by atoms with Crippen LogP contribution in [0.3, 0.4) is 0 Å². The molecular weight excluding hydrogens is 312 g/mol. The fraction of sp³-hybridized carbons (Fsp3) is 0.818. The number of hydrogen-bond donors (Lipinski definition) is 6. The average molecular weight is 329 g/mol. The number of carbonyl (C=O) groups is 2. The summed E-state index contributed by atoms with van der Waals surface area (Å²) in [4.78, 5) is 21.9. The molecule has 0 bridgehead atoms. The molecule has 0 spiro atoms. The number of rotatable bonds is 5. The highest BCUT2D eigenvalue weighted by atomic mass is 19.2. The van der Waals surface area contributed by atoms with E-state index >= 15 is 0 Å². The second-order valence-electron chi connectivity index (χ2n) is 4.89. The number of aliphatic carboxylic acids is 1. The van der Waals surface area contributed by atoms with Gasteiger partial charge in [0.05, 0.1) is 12.6 Å². The van der Waals surface area contributed by atoms with Gasteiger partial charge >= 0.3 is 11.8 Å². The topological polar surface area (TPSA) is 157 Å². The summed E-state index contributed by atoms with van der Waals surface area (Å²) in [6, 6.07) is -1.74. The fourth-order valence-corrected chi connectivity index (χ4v) is 2.11. The number of aliphatic hydroxyl groups excluding tert-OH is 4. The first-order valence-corrected chi connectivity index (χ1v) is 6.22. The lowest BCUT2D eigenvalue weighted by atomic mass is 9.88. The lowest BCUT2D eigenvalue weighted by Gasteiger charge is -2.45. The molecule has 1 heterocycles. The molecule has 0 aromatic carbocycles.